The van der Waals surface area contributed by atoms with E-state index in [9.17, 15) is 4.79 Å². The topological polar surface area (TPSA) is 38.1 Å². The van der Waals surface area contributed by atoms with Gasteiger partial charge in [-0.25, -0.2) is 0 Å². The fraction of sp³-hybridized carbons (Fsp3) is 0.733. The van der Waals surface area contributed by atoms with Gasteiger partial charge in [-0.05, 0) is 51.5 Å². The van der Waals surface area contributed by atoms with Crippen molar-refractivity contribution in [1.82, 2.24) is 14.7 Å². The number of amides is 1. The highest BCUT2D eigenvalue weighted by Crippen LogP contribution is 2.32. The molecule has 0 N–H and O–H groups in total. The summed E-state index contributed by atoms with van der Waals surface area (Å²) in [5.41, 5.74) is 2.34. The zero-order chi connectivity index (χ0) is 13.4. The number of aromatic nitrogens is 2. The van der Waals surface area contributed by atoms with Crippen molar-refractivity contribution < 1.29 is 4.79 Å². The second-order valence-electron chi connectivity index (χ2n) is 6.15. The number of carbonyl (C=O) groups is 1. The average molecular weight is 261 g/mol. The summed E-state index contributed by atoms with van der Waals surface area (Å²) >= 11 is 0. The fourth-order valence-electron chi connectivity index (χ4n) is 3.03. The molecule has 0 unspecified atom stereocenters. The predicted molar refractivity (Wildman–Crippen MR) is 73.7 cm³/mol. The van der Waals surface area contributed by atoms with E-state index in [1.54, 1.807) is 0 Å². The highest BCUT2D eigenvalue weighted by atomic mass is 16.2. The van der Waals surface area contributed by atoms with Crippen LogP contribution in [-0.2, 0) is 11.3 Å². The average Bonchev–Trinajstić information content (AvgIpc) is 3.17. The van der Waals surface area contributed by atoms with Crippen LogP contribution in [0.3, 0.4) is 0 Å². The number of nitrogens with zero attached hydrogens (tertiary/aromatic N) is 3. The van der Waals surface area contributed by atoms with Gasteiger partial charge in [0.25, 0.3) is 0 Å². The van der Waals surface area contributed by atoms with Crippen LogP contribution >= 0.6 is 0 Å². The van der Waals surface area contributed by atoms with Gasteiger partial charge in [0.05, 0.1) is 5.69 Å². The highest BCUT2D eigenvalue weighted by molar-refractivity contribution is 5.81. The van der Waals surface area contributed by atoms with E-state index in [4.69, 9.17) is 0 Å². The van der Waals surface area contributed by atoms with Gasteiger partial charge in [-0.15, -0.1) is 0 Å². The van der Waals surface area contributed by atoms with Crippen LogP contribution in [0.25, 0.3) is 0 Å². The molecule has 2 heterocycles. The van der Waals surface area contributed by atoms with Gasteiger partial charge >= 0.3 is 0 Å². The Labute approximate surface area is 114 Å². The third kappa shape index (κ3) is 2.82. The summed E-state index contributed by atoms with van der Waals surface area (Å²) < 4.78 is 2.12. The molecule has 0 bridgehead atoms. The Hall–Kier alpha value is -1.32. The zero-order valence-corrected chi connectivity index (χ0v) is 11.9. The van der Waals surface area contributed by atoms with Crippen LogP contribution in [0.4, 0.5) is 0 Å². The molecule has 3 rings (SSSR count). The van der Waals surface area contributed by atoms with E-state index < -0.39 is 0 Å². The maximum Gasteiger partial charge on any atom is 0.225 e. The van der Waals surface area contributed by atoms with Gasteiger partial charge in [0.2, 0.25) is 5.91 Å². The van der Waals surface area contributed by atoms with Gasteiger partial charge < -0.3 is 4.90 Å². The lowest BCUT2D eigenvalue weighted by atomic mass is 9.96. The quantitative estimate of drug-likeness (QED) is 0.836. The number of carbonyl (C=O) groups excluding carboxylic acids is 1. The molecule has 2 aliphatic rings. The van der Waals surface area contributed by atoms with E-state index in [0.29, 0.717) is 17.7 Å². The molecule has 1 saturated carbocycles. The first kappa shape index (κ1) is 12.7. The SMILES string of the molecule is Cc1cc(C)n(CC2CCN(C(=O)C3CC3)CC2)n1. The Morgan fingerprint density at radius 2 is 1.95 bits per heavy atom. The minimum Gasteiger partial charge on any atom is -0.342 e. The molecule has 0 aromatic carbocycles. The van der Waals surface area contributed by atoms with Gasteiger partial charge in [0.15, 0.2) is 0 Å². The van der Waals surface area contributed by atoms with Gasteiger partial charge in [0.1, 0.15) is 0 Å². The highest BCUT2D eigenvalue weighted by Gasteiger charge is 2.34. The monoisotopic (exact) mass is 261 g/mol. The Morgan fingerprint density at radius 3 is 2.47 bits per heavy atom. The number of hydrogen-bond donors (Lipinski definition) is 0. The van der Waals surface area contributed by atoms with Crippen LogP contribution in [0, 0.1) is 25.7 Å². The van der Waals surface area contributed by atoms with Gasteiger partial charge in [-0.3, -0.25) is 9.48 Å². The van der Waals surface area contributed by atoms with E-state index in [1.807, 2.05) is 6.92 Å². The van der Waals surface area contributed by atoms with E-state index in [0.717, 1.165) is 51.0 Å². The molecule has 1 aromatic heterocycles. The molecule has 1 aromatic rings. The zero-order valence-electron chi connectivity index (χ0n) is 11.9. The molecule has 1 aliphatic carbocycles. The minimum atomic E-state index is 0.368. The third-order valence-corrected chi connectivity index (χ3v) is 4.39. The lowest BCUT2D eigenvalue weighted by molar-refractivity contribution is -0.134. The molecule has 4 nitrogen and oxygen atoms in total. The van der Waals surface area contributed by atoms with Crippen molar-refractivity contribution >= 4 is 5.91 Å². The second-order valence-corrected chi connectivity index (χ2v) is 6.15. The summed E-state index contributed by atoms with van der Waals surface area (Å²) in [7, 11) is 0. The van der Waals surface area contributed by atoms with E-state index in [2.05, 4.69) is 27.7 Å². The van der Waals surface area contributed by atoms with E-state index in [1.165, 1.54) is 5.69 Å². The lowest BCUT2D eigenvalue weighted by Gasteiger charge is -2.32. The third-order valence-electron chi connectivity index (χ3n) is 4.39. The van der Waals surface area contributed by atoms with Crippen molar-refractivity contribution in [3.8, 4) is 0 Å². The van der Waals surface area contributed by atoms with Gasteiger partial charge in [-0.2, -0.15) is 5.10 Å². The molecular weight excluding hydrogens is 238 g/mol. The molecule has 0 radical (unpaired) electrons. The Morgan fingerprint density at radius 1 is 1.26 bits per heavy atom. The maximum absolute atomic E-state index is 12.0. The molecule has 4 heteroatoms. The molecule has 104 valence electrons. The smallest absolute Gasteiger partial charge is 0.225 e. The minimum absolute atomic E-state index is 0.368. The van der Waals surface area contributed by atoms with Crippen molar-refractivity contribution in [3.63, 3.8) is 0 Å². The predicted octanol–water partition coefficient (Wildman–Crippen LogP) is 2.15. The van der Waals surface area contributed by atoms with Crippen molar-refractivity contribution in [1.29, 1.82) is 0 Å². The molecule has 0 spiro atoms. The molecule has 19 heavy (non-hydrogen) atoms. The Bertz CT molecular complexity index is 468. The van der Waals surface area contributed by atoms with Crippen molar-refractivity contribution in [2.75, 3.05) is 13.1 Å². The Balaban J connectivity index is 1.52. The van der Waals surface area contributed by atoms with E-state index >= 15 is 0 Å². The molecule has 1 amide bonds. The van der Waals surface area contributed by atoms with Crippen LogP contribution in [-0.4, -0.2) is 33.7 Å². The van der Waals surface area contributed by atoms with Crippen LogP contribution < -0.4 is 0 Å². The maximum atomic E-state index is 12.0. The summed E-state index contributed by atoms with van der Waals surface area (Å²) in [6, 6.07) is 2.13. The lowest BCUT2D eigenvalue weighted by Crippen LogP contribution is -2.40. The van der Waals surface area contributed by atoms with Gasteiger partial charge in [0, 0.05) is 31.2 Å². The number of piperidine rings is 1. The normalized spacial score (nSPS) is 20.8. The number of likely N-dealkylation sites (tertiary alicyclic amines) is 1. The molecular formula is C15H23N3O. The summed E-state index contributed by atoms with van der Waals surface area (Å²) in [5, 5.41) is 4.53. The van der Waals surface area contributed by atoms with E-state index in [-0.39, 0.29) is 0 Å². The number of hydrogen-bond acceptors (Lipinski definition) is 2. The molecule has 2 fully saturated rings. The summed E-state index contributed by atoms with van der Waals surface area (Å²) in [6.07, 6.45) is 4.47. The molecule has 1 saturated heterocycles. The molecule has 0 atom stereocenters. The number of aryl methyl sites for hydroxylation is 2. The van der Waals surface area contributed by atoms with Crippen LogP contribution in [0.1, 0.15) is 37.1 Å². The summed E-state index contributed by atoms with van der Waals surface area (Å²) in [6.45, 7) is 7.05. The first-order chi connectivity index (χ1) is 9.13. The largest absolute Gasteiger partial charge is 0.342 e. The second kappa shape index (κ2) is 4.99. The standard InChI is InChI=1S/C15H23N3O/c1-11-9-12(2)18(16-11)10-13-5-7-17(8-6-13)15(19)14-3-4-14/h9,13-14H,3-8,10H2,1-2H3. The van der Waals surface area contributed by atoms with Crippen molar-refractivity contribution in [3.05, 3.63) is 17.5 Å². The summed E-state index contributed by atoms with van der Waals surface area (Å²) in [5.74, 6) is 1.44. The van der Waals surface area contributed by atoms with Crippen LogP contribution in [0.15, 0.2) is 6.07 Å². The van der Waals surface area contributed by atoms with Crippen LogP contribution in [0.5, 0.6) is 0 Å². The number of rotatable bonds is 3. The Kier molecular flexibility index (Phi) is 3.33. The molecule has 1 aliphatic heterocycles. The van der Waals surface area contributed by atoms with Gasteiger partial charge in [-0.1, -0.05) is 0 Å². The first-order valence-corrected chi connectivity index (χ1v) is 7.43. The fourth-order valence-corrected chi connectivity index (χ4v) is 3.03. The summed E-state index contributed by atoms with van der Waals surface area (Å²) in [4.78, 5) is 14.1. The van der Waals surface area contributed by atoms with Crippen molar-refractivity contribution in [2.24, 2.45) is 11.8 Å². The van der Waals surface area contributed by atoms with Crippen molar-refractivity contribution in [2.45, 2.75) is 46.1 Å². The van der Waals surface area contributed by atoms with Crippen LogP contribution in [0.2, 0.25) is 0 Å². The first-order valence-electron chi connectivity index (χ1n) is 7.43.